The highest BCUT2D eigenvalue weighted by Crippen LogP contribution is 2.10. The first kappa shape index (κ1) is 23.0. The molecule has 0 aliphatic carbocycles. The lowest BCUT2D eigenvalue weighted by Crippen LogP contribution is -2.41. The van der Waals surface area contributed by atoms with Crippen molar-refractivity contribution in [2.24, 2.45) is 12.0 Å². The maximum atomic E-state index is 5.81. The molecule has 170 valence electrons. The standard InChI is InChI=1S/C22H35N7O2/c1-18-5-7-20(8-6-18)31-14-10-24-22(25-17-21-27-26-19(2)28(21)3)23-9-4-11-29-12-15-30-16-13-29/h5-8H,4,9-17H2,1-3H3,(H2,23,24,25). The molecule has 0 spiro atoms. The molecule has 0 amide bonds. The lowest BCUT2D eigenvalue weighted by molar-refractivity contribution is 0.0376. The summed E-state index contributed by atoms with van der Waals surface area (Å²) in [7, 11) is 1.96. The summed E-state index contributed by atoms with van der Waals surface area (Å²) in [6, 6.07) is 8.08. The number of hydrogen-bond donors (Lipinski definition) is 2. The summed E-state index contributed by atoms with van der Waals surface area (Å²) in [5.74, 6) is 3.35. The Morgan fingerprint density at radius 3 is 2.55 bits per heavy atom. The molecule has 0 radical (unpaired) electrons. The van der Waals surface area contributed by atoms with Gasteiger partial charge in [0.2, 0.25) is 0 Å². The normalized spacial score (nSPS) is 15.1. The number of ether oxygens (including phenoxy) is 2. The zero-order valence-corrected chi connectivity index (χ0v) is 18.9. The SMILES string of the molecule is Cc1ccc(OCCNC(=NCc2nnc(C)n2C)NCCCN2CCOCC2)cc1. The monoisotopic (exact) mass is 429 g/mol. The van der Waals surface area contributed by atoms with Crippen LogP contribution in [0.25, 0.3) is 0 Å². The maximum absolute atomic E-state index is 5.81. The van der Waals surface area contributed by atoms with Gasteiger partial charge in [-0.2, -0.15) is 0 Å². The molecule has 3 rings (SSSR count). The first-order valence-electron chi connectivity index (χ1n) is 11.0. The molecule has 9 nitrogen and oxygen atoms in total. The van der Waals surface area contributed by atoms with Crippen molar-refractivity contribution in [1.29, 1.82) is 0 Å². The molecule has 2 N–H and O–H groups in total. The molecule has 1 aromatic heterocycles. The number of rotatable bonds is 10. The Morgan fingerprint density at radius 1 is 1.10 bits per heavy atom. The van der Waals surface area contributed by atoms with Crippen molar-refractivity contribution in [3.8, 4) is 5.75 Å². The van der Waals surface area contributed by atoms with Crippen LogP contribution in [0.1, 0.15) is 23.6 Å². The molecule has 31 heavy (non-hydrogen) atoms. The number of nitrogens with zero attached hydrogens (tertiary/aromatic N) is 5. The fraction of sp³-hybridized carbons (Fsp3) is 0.591. The molecular weight excluding hydrogens is 394 g/mol. The Labute approximate surface area is 184 Å². The predicted molar refractivity (Wildman–Crippen MR) is 121 cm³/mol. The second-order valence-electron chi connectivity index (χ2n) is 7.71. The van der Waals surface area contributed by atoms with Gasteiger partial charge in [-0.15, -0.1) is 10.2 Å². The molecule has 0 saturated carbocycles. The summed E-state index contributed by atoms with van der Waals surface area (Å²) in [5, 5.41) is 15.1. The van der Waals surface area contributed by atoms with Gasteiger partial charge in [-0.25, -0.2) is 4.99 Å². The predicted octanol–water partition coefficient (Wildman–Crippen LogP) is 1.27. The first-order valence-corrected chi connectivity index (χ1v) is 11.0. The van der Waals surface area contributed by atoms with Crippen LogP contribution in [0.2, 0.25) is 0 Å². The summed E-state index contributed by atoms with van der Waals surface area (Å²) in [6.45, 7) is 11.3. The van der Waals surface area contributed by atoms with Crippen molar-refractivity contribution in [1.82, 2.24) is 30.3 Å². The Kier molecular flexibility index (Phi) is 9.11. The van der Waals surface area contributed by atoms with Crippen LogP contribution in [0.4, 0.5) is 0 Å². The number of benzene rings is 1. The van der Waals surface area contributed by atoms with Gasteiger partial charge in [-0.1, -0.05) is 17.7 Å². The molecular formula is C22H35N7O2. The fourth-order valence-electron chi connectivity index (χ4n) is 3.22. The van der Waals surface area contributed by atoms with E-state index in [0.29, 0.717) is 19.7 Å². The number of aryl methyl sites for hydroxylation is 2. The van der Waals surface area contributed by atoms with Crippen LogP contribution in [-0.2, 0) is 18.3 Å². The van der Waals surface area contributed by atoms with Crippen LogP contribution in [0.5, 0.6) is 5.75 Å². The van der Waals surface area contributed by atoms with Crippen molar-refractivity contribution in [3.63, 3.8) is 0 Å². The van der Waals surface area contributed by atoms with Gasteiger partial charge >= 0.3 is 0 Å². The van der Waals surface area contributed by atoms with Crippen LogP contribution in [0, 0.1) is 13.8 Å². The van der Waals surface area contributed by atoms with Gasteiger partial charge in [-0.3, -0.25) is 4.90 Å². The van der Waals surface area contributed by atoms with Gasteiger partial charge in [0.1, 0.15) is 24.7 Å². The van der Waals surface area contributed by atoms with Gasteiger partial charge in [0, 0.05) is 26.7 Å². The third-order valence-corrected chi connectivity index (χ3v) is 5.29. The van der Waals surface area contributed by atoms with Crippen LogP contribution >= 0.6 is 0 Å². The van der Waals surface area contributed by atoms with E-state index in [1.165, 1.54) is 5.56 Å². The quantitative estimate of drug-likeness (QED) is 0.334. The summed E-state index contributed by atoms with van der Waals surface area (Å²) < 4.78 is 13.2. The van der Waals surface area contributed by atoms with Crippen molar-refractivity contribution in [2.75, 3.05) is 52.5 Å². The summed E-state index contributed by atoms with van der Waals surface area (Å²) in [4.78, 5) is 7.13. The summed E-state index contributed by atoms with van der Waals surface area (Å²) >= 11 is 0. The summed E-state index contributed by atoms with van der Waals surface area (Å²) in [6.07, 6.45) is 1.05. The fourth-order valence-corrected chi connectivity index (χ4v) is 3.22. The van der Waals surface area contributed by atoms with E-state index in [2.05, 4.69) is 44.8 Å². The number of hydrogen-bond acceptors (Lipinski definition) is 6. The Hall–Kier alpha value is -2.65. The number of guanidine groups is 1. The summed E-state index contributed by atoms with van der Waals surface area (Å²) in [5.41, 5.74) is 1.22. The van der Waals surface area contributed by atoms with Gasteiger partial charge in [-0.05, 0) is 38.9 Å². The zero-order valence-electron chi connectivity index (χ0n) is 18.9. The lowest BCUT2D eigenvalue weighted by atomic mass is 10.2. The van der Waals surface area contributed by atoms with Crippen molar-refractivity contribution < 1.29 is 9.47 Å². The molecule has 1 saturated heterocycles. The van der Waals surface area contributed by atoms with Crippen molar-refractivity contribution >= 4 is 5.96 Å². The molecule has 1 fully saturated rings. The van der Waals surface area contributed by atoms with E-state index in [1.54, 1.807) is 0 Å². The molecule has 2 heterocycles. The topological polar surface area (TPSA) is 88.8 Å². The molecule has 1 aromatic carbocycles. The highest BCUT2D eigenvalue weighted by molar-refractivity contribution is 5.79. The number of morpholine rings is 1. The largest absolute Gasteiger partial charge is 0.492 e. The molecule has 9 heteroatoms. The Morgan fingerprint density at radius 2 is 1.84 bits per heavy atom. The van der Waals surface area contributed by atoms with E-state index in [-0.39, 0.29) is 0 Å². The van der Waals surface area contributed by atoms with Crippen LogP contribution < -0.4 is 15.4 Å². The number of aliphatic imine (C=N–C) groups is 1. The Balaban J connectivity index is 1.46. The van der Waals surface area contributed by atoms with Crippen LogP contribution in [0.3, 0.4) is 0 Å². The highest BCUT2D eigenvalue weighted by Gasteiger charge is 2.10. The van der Waals surface area contributed by atoms with Crippen molar-refractivity contribution in [3.05, 3.63) is 41.5 Å². The molecule has 0 bridgehead atoms. The van der Waals surface area contributed by atoms with E-state index in [9.17, 15) is 0 Å². The minimum Gasteiger partial charge on any atom is -0.492 e. The average molecular weight is 430 g/mol. The van der Waals surface area contributed by atoms with E-state index < -0.39 is 0 Å². The van der Waals surface area contributed by atoms with E-state index >= 15 is 0 Å². The Bertz CT molecular complexity index is 814. The lowest BCUT2D eigenvalue weighted by Gasteiger charge is -2.26. The van der Waals surface area contributed by atoms with E-state index in [1.807, 2.05) is 30.7 Å². The van der Waals surface area contributed by atoms with Gasteiger partial charge in [0.15, 0.2) is 11.8 Å². The van der Waals surface area contributed by atoms with Crippen molar-refractivity contribution in [2.45, 2.75) is 26.8 Å². The maximum Gasteiger partial charge on any atom is 0.191 e. The zero-order chi connectivity index (χ0) is 21.9. The minimum atomic E-state index is 0.467. The van der Waals surface area contributed by atoms with Crippen LogP contribution in [-0.4, -0.2) is 78.2 Å². The molecule has 1 aliphatic rings. The molecule has 0 atom stereocenters. The third-order valence-electron chi connectivity index (χ3n) is 5.29. The second kappa shape index (κ2) is 12.3. The number of aromatic nitrogens is 3. The highest BCUT2D eigenvalue weighted by atomic mass is 16.5. The van der Waals surface area contributed by atoms with E-state index in [4.69, 9.17) is 14.5 Å². The van der Waals surface area contributed by atoms with Crippen LogP contribution in [0.15, 0.2) is 29.3 Å². The van der Waals surface area contributed by atoms with Gasteiger partial charge in [0.05, 0.1) is 19.8 Å². The minimum absolute atomic E-state index is 0.467. The molecule has 1 aliphatic heterocycles. The van der Waals surface area contributed by atoms with Gasteiger partial charge in [0.25, 0.3) is 0 Å². The average Bonchev–Trinajstić information content (AvgIpc) is 3.11. The van der Waals surface area contributed by atoms with Gasteiger partial charge < -0.3 is 24.7 Å². The first-order chi connectivity index (χ1) is 15.1. The molecule has 2 aromatic rings. The molecule has 0 unspecified atom stereocenters. The van der Waals surface area contributed by atoms with E-state index in [0.717, 1.165) is 69.2 Å². The second-order valence-corrected chi connectivity index (χ2v) is 7.71. The number of nitrogens with one attached hydrogen (secondary N) is 2. The third kappa shape index (κ3) is 7.84. The smallest absolute Gasteiger partial charge is 0.191 e.